The number of hydrogen-bond acceptors (Lipinski definition) is 3. The summed E-state index contributed by atoms with van der Waals surface area (Å²) in [6.07, 6.45) is 2.47. The summed E-state index contributed by atoms with van der Waals surface area (Å²) in [4.78, 5) is 4.68. The summed E-state index contributed by atoms with van der Waals surface area (Å²) in [6, 6.07) is 6.18. The quantitative estimate of drug-likeness (QED) is 0.921. The minimum Gasteiger partial charge on any atom is -0.392 e. The number of anilines is 1. The molecule has 0 saturated carbocycles. The fourth-order valence-electron chi connectivity index (χ4n) is 2.86. The van der Waals surface area contributed by atoms with Gasteiger partial charge in [-0.2, -0.15) is 0 Å². The van der Waals surface area contributed by atoms with E-state index in [1.807, 2.05) is 6.07 Å². The van der Waals surface area contributed by atoms with E-state index >= 15 is 0 Å². The third-order valence-corrected chi connectivity index (χ3v) is 4.28. The standard InChI is InChI=1S/C15H23BrN2O/c1-17(2)10-12-5-7-18(8-6-12)15-4-3-14(16)9-13(15)11-19/h3-4,9,12,19H,5-8,10-11H2,1-2H3. The van der Waals surface area contributed by atoms with Crippen LogP contribution in [-0.2, 0) is 6.61 Å². The van der Waals surface area contributed by atoms with Gasteiger partial charge in [0.25, 0.3) is 0 Å². The average Bonchev–Trinajstić information content (AvgIpc) is 2.39. The van der Waals surface area contributed by atoms with Crippen LogP contribution in [0.2, 0.25) is 0 Å². The second-order valence-corrected chi connectivity index (χ2v) is 6.54. The number of benzene rings is 1. The van der Waals surface area contributed by atoms with Crippen LogP contribution in [0.25, 0.3) is 0 Å². The molecule has 1 heterocycles. The molecule has 4 heteroatoms. The van der Waals surface area contributed by atoms with Crippen molar-refractivity contribution in [3.63, 3.8) is 0 Å². The van der Waals surface area contributed by atoms with Gasteiger partial charge in [0.1, 0.15) is 0 Å². The van der Waals surface area contributed by atoms with E-state index in [1.165, 1.54) is 25.1 Å². The topological polar surface area (TPSA) is 26.7 Å². The zero-order chi connectivity index (χ0) is 13.8. The molecule has 1 aromatic rings. The Balaban J connectivity index is 2.01. The highest BCUT2D eigenvalue weighted by atomic mass is 79.9. The Morgan fingerprint density at radius 2 is 2.00 bits per heavy atom. The van der Waals surface area contributed by atoms with Gasteiger partial charge >= 0.3 is 0 Å². The molecule has 1 aliphatic rings. The van der Waals surface area contributed by atoms with Crippen molar-refractivity contribution < 1.29 is 5.11 Å². The van der Waals surface area contributed by atoms with Gasteiger partial charge in [-0.15, -0.1) is 0 Å². The van der Waals surface area contributed by atoms with Gasteiger partial charge in [-0.05, 0) is 51.1 Å². The van der Waals surface area contributed by atoms with Crippen LogP contribution < -0.4 is 4.90 Å². The molecule has 2 rings (SSSR count). The second-order valence-electron chi connectivity index (χ2n) is 5.62. The summed E-state index contributed by atoms with van der Waals surface area (Å²) in [7, 11) is 4.29. The molecule has 0 spiro atoms. The maximum atomic E-state index is 9.49. The molecule has 0 aromatic heterocycles. The molecule has 0 bridgehead atoms. The van der Waals surface area contributed by atoms with Crippen LogP contribution in [0.3, 0.4) is 0 Å². The third kappa shape index (κ3) is 3.94. The molecule has 1 aromatic carbocycles. The van der Waals surface area contributed by atoms with E-state index in [9.17, 15) is 5.11 Å². The fourth-order valence-corrected chi connectivity index (χ4v) is 3.27. The Morgan fingerprint density at radius 1 is 1.32 bits per heavy atom. The van der Waals surface area contributed by atoms with Crippen LogP contribution >= 0.6 is 15.9 Å². The summed E-state index contributed by atoms with van der Waals surface area (Å²) in [5, 5.41) is 9.49. The van der Waals surface area contributed by atoms with Crippen molar-refractivity contribution in [1.29, 1.82) is 0 Å². The molecule has 3 nitrogen and oxygen atoms in total. The van der Waals surface area contributed by atoms with Gasteiger partial charge in [0.05, 0.1) is 6.61 Å². The van der Waals surface area contributed by atoms with E-state index in [0.717, 1.165) is 29.0 Å². The largest absolute Gasteiger partial charge is 0.392 e. The normalized spacial score (nSPS) is 17.2. The Labute approximate surface area is 124 Å². The van der Waals surface area contributed by atoms with Gasteiger partial charge in [0, 0.05) is 35.4 Å². The first-order valence-corrected chi connectivity index (χ1v) is 7.68. The minimum atomic E-state index is 0.104. The highest BCUT2D eigenvalue weighted by Crippen LogP contribution is 2.28. The van der Waals surface area contributed by atoms with E-state index in [-0.39, 0.29) is 6.61 Å². The predicted octanol–water partition coefficient (Wildman–Crippen LogP) is 2.72. The first kappa shape index (κ1) is 14.8. The molecule has 0 atom stereocenters. The van der Waals surface area contributed by atoms with Gasteiger partial charge in [0.2, 0.25) is 0 Å². The Bertz CT molecular complexity index is 415. The smallest absolute Gasteiger partial charge is 0.0702 e. The van der Waals surface area contributed by atoms with Gasteiger partial charge in [0.15, 0.2) is 0 Å². The second kappa shape index (κ2) is 6.73. The molecule has 0 radical (unpaired) electrons. The van der Waals surface area contributed by atoms with Gasteiger partial charge in [-0.1, -0.05) is 15.9 Å². The summed E-state index contributed by atoms with van der Waals surface area (Å²) in [5.41, 5.74) is 2.20. The third-order valence-electron chi connectivity index (χ3n) is 3.79. The molecule has 0 aliphatic carbocycles. The molecule has 0 amide bonds. The molecule has 0 unspecified atom stereocenters. The first-order chi connectivity index (χ1) is 9.10. The number of piperidine rings is 1. The van der Waals surface area contributed by atoms with Crippen molar-refractivity contribution >= 4 is 21.6 Å². The van der Waals surface area contributed by atoms with Crippen molar-refractivity contribution in [3.8, 4) is 0 Å². The number of aliphatic hydroxyl groups is 1. The predicted molar refractivity (Wildman–Crippen MR) is 83.6 cm³/mol. The minimum absolute atomic E-state index is 0.104. The number of nitrogens with zero attached hydrogens (tertiary/aromatic N) is 2. The Morgan fingerprint density at radius 3 is 2.58 bits per heavy atom. The van der Waals surface area contributed by atoms with Crippen LogP contribution in [0.1, 0.15) is 18.4 Å². The van der Waals surface area contributed by atoms with Crippen LogP contribution in [0.15, 0.2) is 22.7 Å². The van der Waals surface area contributed by atoms with E-state index in [4.69, 9.17) is 0 Å². The molecule has 106 valence electrons. The van der Waals surface area contributed by atoms with Crippen LogP contribution in [0.4, 0.5) is 5.69 Å². The molecule has 1 aliphatic heterocycles. The molecule has 19 heavy (non-hydrogen) atoms. The van der Waals surface area contributed by atoms with Crippen molar-refractivity contribution in [1.82, 2.24) is 4.90 Å². The Kier molecular flexibility index (Phi) is 5.25. The summed E-state index contributed by atoms with van der Waals surface area (Å²) in [6.45, 7) is 3.47. The van der Waals surface area contributed by atoms with E-state index in [1.54, 1.807) is 0 Å². The molecular weight excluding hydrogens is 304 g/mol. The van der Waals surface area contributed by atoms with E-state index in [2.05, 4.69) is 52.0 Å². The van der Waals surface area contributed by atoms with Crippen LogP contribution in [0, 0.1) is 5.92 Å². The fraction of sp³-hybridized carbons (Fsp3) is 0.600. The lowest BCUT2D eigenvalue weighted by Crippen LogP contribution is -2.37. The van der Waals surface area contributed by atoms with Crippen molar-refractivity contribution in [2.24, 2.45) is 5.92 Å². The molecule has 1 N–H and O–H groups in total. The molecule has 1 saturated heterocycles. The first-order valence-electron chi connectivity index (χ1n) is 6.89. The average molecular weight is 327 g/mol. The van der Waals surface area contributed by atoms with Crippen molar-refractivity contribution in [2.45, 2.75) is 19.4 Å². The lowest BCUT2D eigenvalue weighted by molar-refractivity contribution is 0.277. The summed E-state index contributed by atoms with van der Waals surface area (Å²) >= 11 is 3.46. The zero-order valence-electron chi connectivity index (χ0n) is 11.8. The highest BCUT2D eigenvalue weighted by Gasteiger charge is 2.21. The number of rotatable bonds is 4. The van der Waals surface area contributed by atoms with Gasteiger partial charge in [-0.3, -0.25) is 0 Å². The summed E-state index contributed by atoms with van der Waals surface area (Å²) < 4.78 is 1.03. The van der Waals surface area contributed by atoms with E-state index < -0.39 is 0 Å². The van der Waals surface area contributed by atoms with Gasteiger partial charge in [-0.25, -0.2) is 0 Å². The monoisotopic (exact) mass is 326 g/mol. The summed E-state index contributed by atoms with van der Waals surface area (Å²) in [5.74, 6) is 0.805. The lowest BCUT2D eigenvalue weighted by Gasteiger charge is -2.35. The highest BCUT2D eigenvalue weighted by molar-refractivity contribution is 9.10. The van der Waals surface area contributed by atoms with Crippen LogP contribution in [0.5, 0.6) is 0 Å². The maximum Gasteiger partial charge on any atom is 0.0702 e. The lowest BCUT2D eigenvalue weighted by atomic mass is 9.95. The SMILES string of the molecule is CN(C)CC1CCN(c2ccc(Br)cc2CO)CC1. The number of halogens is 1. The van der Waals surface area contributed by atoms with E-state index in [0.29, 0.717) is 0 Å². The molecule has 1 fully saturated rings. The van der Waals surface area contributed by atoms with Crippen LogP contribution in [-0.4, -0.2) is 43.7 Å². The molecular formula is C15H23BrN2O. The van der Waals surface area contributed by atoms with Gasteiger partial charge < -0.3 is 14.9 Å². The van der Waals surface area contributed by atoms with Crippen molar-refractivity contribution in [2.75, 3.05) is 38.6 Å². The number of hydrogen-bond donors (Lipinski definition) is 1. The van der Waals surface area contributed by atoms with Crippen molar-refractivity contribution in [3.05, 3.63) is 28.2 Å². The number of aliphatic hydroxyl groups excluding tert-OH is 1. The Hall–Kier alpha value is -0.580. The zero-order valence-corrected chi connectivity index (χ0v) is 13.4. The maximum absolute atomic E-state index is 9.49.